The first-order chi connectivity index (χ1) is 16.9. The number of pyridine rings is 1. The zero-order valence-electron chi connectivity index (χ0n) is 18.8. The monoisotopic (exact) mass is 530 g/mol. The second-order valence-electron chi connectivity index (χ2n) is 8.11. The van der Waals surface area contributed by atoms with Gasteiger partial charge in [0.15, 0.2) is 10.2 Å². The van der Waals surface area contributed by atoms with Gasteiger partial charge in [0, 0.05) is 48.9 Å². The molecule has 1 aliphatic heterocycles. The number of sulfonamides is 1. The van der Waals surface area contributed by atoms with Crippen LogP contribution in [-0.4, -0.2) is 51.9 Å². The van der Waals surface area contributed by atoms with Gasteiger partial charge in [0.25, 0.3) is 10.0 Å². The third-order valence-corrected chi connectivity index (χ3v) is 8.37. The van der Waals surface area contributed by atoms with Crippen LogP contribution in [0.1, 0.15) is 22.2 Å². The third-order valence-electron chi connectivity index (χ3n) is 5.47. The number of halogens is 1. The van der Waals surface area contributed by atoms with Gasteiger partial charge < -0.3 is 14.6 Å². The second-order valence-corrected chi connectivity index (χ2v) is 11.5. The number of ether oxygens (including phenoxy) is 1. The number of hydrogen-bond donors (Lipinski definition) is 1. The normalized spacial score (nSPS) is 16.9. The molecule has 1 aromatic carbocycles. The van der Waals surface area contributed by atoms with Gasteiger partial charge in [0.05, 0.1) is 18.6 Å². The highest BCUT2D eigenvalue weighted by atomic mass is 35.5. The summed E-state index contributed by atoms with van der Waals surface area (Å²) in [5.41, 5.74) is 1.76. The maximum atomic E-state index is 13.0. The van der Waals surface area contributed by atoms with Crippen LogP contribution in [0, 0.1) is 0 Å². The summed E-state index contributed by atoms with van der Waals surface area (Å²) in [7, 11) is -1.97. The van der Waals surface area contributed by atoms with Crippen molar-refractivity contribution in [2.24, 2.45) is 7.05 Å². The minimum Gasteiger partial charge on any atom is -0.369 e. The highest BCUT2D eigenvalue weighted by Crippen LogP contribution is 2.28. The Labute approximate surface area is 212 Å². The zero-order valence-corrected chi connectivity index (χ0v) is 21.2. The summed E-state index contributed by atoms with van der Waals surface area (Å²) in [4.78, 5) is 14.2. The quantitative estimate of drug-likeness (QED) is 0.385. The summed E-state index contributed by atoms with van der Waals surface area (Å²) in [5, 5.41) is 4.70. The van der Waals surface area contributed by atoms with Crippen molar-refractivity contribution < 1.29 is 13.2 Å². The fourth-order valence-electron chi connectivity index (χ4n) is 3.78. The number of morpholine rings is 1. The molecule has 4 aromatic rings. The molecule has 0 unspecified atom stereocenters. The van der Waals surface area contributed by atoms with Crippen molar-refractivity contribution in [3.63, 3.8) is 0 Å². The van der Waals surface area contributed by atoms with Gasteiger partial charge in [-0.1, -0.05) is 29.8 Å². The van der Waals surface area contributed by atoms with Gasteiger partial charge in [-0.15, -0.1) is 11.3 Å². The molecule has 0 spiro atoms. The van der Waals surface area contributed by atoms with Crippen LogP contribution in [0.3, 0.4) is 0 Å². The number of anilines is 2. The number of benzene rings is 1. The van der Waals surface area contributed by atoms with Crippen LogP contribution in [0.5, 0.6) is 0 Å². The summed E-state index contributed by atoms with van der Waals surface area (Å²) in [6.07, 6.45) is 5.06. The van der Waals surface area contributed by atoms with E-state index in [0.717, 1.165) is 22.0 Å². The molecule has 1 N–H and O–H groups in total. The van der Waals surface area contributed by atoms with Crippen molar-refractivity contribution in [1.82, 2.24) is 23.8 Å². The summed E-state index contributed by atoms with van der Waals surface area (Å²) < 4.78 is 34.8. The fourth-order valence-corrected chi connectivity index (χ4v) is 6.24. The number of aromatic nitrogens is 4. The van der Waals surface area contributed by atoms with E-state index in [0.29, 0.717) is 16.5 Å². The van der Waals surface area contributed by atoms with E-state index in [1.807, 2.05) is 48.7 Å². The molecule has 4 heterocycles. The Balaban J connectivity index is 1.27. The van der Waals surface area contributed by atoms with Gasteiger partial charge in [-0.2, -0.15) is 4.31 Å². The first-order valence-corrected chi connectivity index (χ1v) is 13.5. The van der Waals surface area contributed by atoms with Crippen LogP contribution in [0.15, 0.2) is 66.2 Å². The van der Waals surface area contributed by atoms with Crippen LogP contribution in [0.4, 0.5) is 10.9 Å². The van der Waals surface area contributed by atoms with Crippen LogP contribution >= 0.6 is 22.9 Å². The predicted molar refractivity (Wildman–Crippen MR) is 135 cm³/mol. The molecule has 1 saturated heterocycles. The molecule has 1 fully saturated rings. The van der Waals surface area contributed by atoms with E-state index in [2.05, 4.69) is 20.3 Å². The van der Waals surface area contributed by atoms with Crippen molar-refractivity contribution >= 4 is 43.9 Å². The highest BCUT2D eigenvalue weighted by molar-refractivity contribution is 7.89. The number of rotatable bonds is 7. The van der Waals surface area contributed by atoms with E-state index in [9.17, 15) is 8.42 Å². The molecular formula is C23H23ClN6O3S2. The van der Waals surface area contributed by atoms with Crippen molar-refractivity contribution in [2.75, 3.05) is 25.0 Å². The van der Waals surface area contributed by atoms with Crippen molar-refractivity contribution in [2.45, 2.75) is 17.6 Å². The fraction of sp³-hybridized carbons (Fsp3) is 0.261. The molecule has 1 aliphatic rings. The Kier molecular flexibility index (Phi) is 6.85. The minimum atomic E-state index is -3.71. The predicted octanol–water partition coefficient (Wildman–Crippen LogP) is 4.02. The Morgan fingerprint density at radius 2 is 2.09 bits per heavy atom. The summed E-state index contributed by atoms with van der Waals surface area (Å²) >= 11 is 7.63. The molecule has 182 valence electrons. The standard InChI is InChI=1S/C23H23ClN6O3S2/c1-29-14-22(26-15-29)35(31,32)30-8-9-33-20(13-30)19-6-3-7-21(27-19)28-23-25-12-18(34-23)11-16-4-2-5-17(24)10-16/h2-7,10,12,14-15,20H,8-9,11,13H2,1H3,(H,25,27,28)/t20-/m1/s1. The van der Waals surface area contributed by atoms with E-state index in [-0.39, 0.29) is 24.7 Å². The number of thiazole rings is 1. The molecule has 1 atom stereocenters. The van der Waals surface area contributed by atoms with Gasteiger partial charge in [0.1, 0.15) is 11.9 Å². The first kappa shape index (κ1) is 23.9. The Morgan fingerprint density at radius 3 is 2.89 bits per heavy atom. The highest BCUT2D eigenvalue weighted by Gasteiger charge is 2.33. The second kappa shape index (κ2) is 10.0. The first-order valence-electron chi connectivity index (χ1n) is 10.9. The number of hydrogen-bond acceptors (Lipinski definition) is 8. The van der Waals surface area contributed by atoms with Gasteiger partial charge in [0.2, 0.25) is 0 Å². The molecule has 5 rings (SSSR count). The Bertz CT molecular complexity index is 1440. The number of imidazole rings is 1. The molecule has 3 aromatic heterocycles. The Morgan fingerprint density at radius 1 is 1.23 bits per heavy atom. The number of aryl methyl sites for hydroxylation is 1. The van der Waals surface area contributed by atoms with Crippen LogP contribution < -0.4 is 5.32 Å². The maximum Gasteiger partial charge on any atom is 0.262 e. The summed E-state index contributed by atoms with van der Waals surface area (Å²) in [6, 6.07) is 13.3. The molecule has 0 amide bonds. The van der Waals surface area contributed by atoms with E-state index in [1.54, 1.807) is 23.0 Å². The van der Waals surface area contributed by atoms with Crippen LogP contribution in [-0.2, 0) is 28.2 Å². The average Bonchev–Trinajstić information content (AvgIpc) is 3.48. The number of nitrogens with zero attached hydrogens (tertiary/aromatic N) is 5. The minimum absolute atomic E-state index is 0.0291. The smallest absolute Gasteiger partial charge is 0.262 e. The van der Waals surface area contributed by atoms with E-state index < -0.39 is 16.1 Å². The van der Waals surface area contributed by atoms with Gasteiger partial charge in [-0.3, -0.25) is 0 Å². The van der Waals surface area contributed by atoms with Crippen molar-refractivity contribution in [3.8, 4) is 0 Å². The van der Waals surface area contributed by atoms with E-state index >= 15 is 0 Å². The summed E-state index contributed by atoms with van der Waals surface area (Å²) in [5.74, 6) is 0.611. The molecule has 0 aliphatic carbocycles. The lowest BCUT2D eigenvalue weighted by Crippen LogP contribution is -2.42. The topological polar surface area (TPSA) is 102 Å². The largest absolute Gasteiger partial charge is 0.369 e. The lowest BCUT2D eigenvalue weighted by Gasteiger charge is -2.31. The SMILES string of the molecule is Cn1cnc(S(=O)(=O)N2CCO[C@@H](c3cccc(Nc4ncc(Cc5cccc(Cl)c5)s4)n3)C2)c1. The lowest BCUT2D eigenvalue weighted by molar-refractivity contribution is -0.00492. The molecule has 12 heteroatoms. The molecule has 0 saturated carbocycles. The molecule has 9 nitrogen and oxygen atoms in total. The zero-order chi connectivity index (χ0) is 24.4. The van der Waals surface area contributed by atoms with E-state index in [1.165, 1.54) is 16.8 Å². The van der Waals surface area contributed by atoms with Crippen molar-refractivity contribution in [1.29, 1.82) is 0 Å². The maximum absolute atomic E-state index is 13.0. The van der Waals surface area contributed by atoms with Gasteiger partial charge >= 0.3 is 0 Å². The average molecular weight is 531 g/mol. The van der Waals surface area contributed by atoms with Gasteiger partial charge in [-0.05, 0) is 29.8 Å². The summed E-state index contributed by atoms with van der Waals surface area (Å²) in [6.45, 7) is 0.702. The lowest BCUT2D eigenvalue weighted by atomic mass is 10.1. The molecular weight excluding hydrogens is 508 g/mol. The molecule has 35 heavy (non-hydrogen) atoms. The van der Waals surface area contributed by atoms with Gasteiger partial charge in [-0.25, -0.2) is 23.4 Å². The molecule has 0 radical (unpaired) electrons. The number of nitrogens with one attached hydrogen (secondary N) is 1. The van der Waals surface area contributed by atoms with Crippen LogP contribution in [0.25, 0.3) is 0 Å². The third kappa shape index (κ3) is 5.54. The Hall–Kier alpha value is -2.83. The van der Waals surface area contributed by atoms with E-state index in [4.69, 9.17) is 16.3 Å². The molecule has 0 bridgehead atoms. The van der Waals surface area contributed by atoms with Crippen molar-refractivity contribution in [3.05, 3.63) is 82.3 Å². The van der Waals surface area contributed by atoms with Crippen LogP contribution in [0.2, 0.25) is 5.02 Å².